The lowest BCUT2D eigenvalue weighted by atomic mass is 9.94. The highest BCUT2D eigenvalue weighted by Crippen LogP contribution is 2.24. The van der Waals surface area contributed by atoms with Crippen LogP contribution < -0.4 is 10.1 Å². The number of rotatable bonds is 6. The Labute approximate surface area is 149 Å². The minimum atomic E-state index is -4.43. The number of halogens is 3. The Hall–Kier alpha value is -2.25. The summed E-state index contributed by atoms with van der Waals surface area (Å²) in [5, 5.41) is 12.1. The number of carbonyl (C=O) groups is 2. The number of aliphatic carboxylic acids is 1. The van der Waals surface area contributed by atoms with E-state index in [9.17, 15) is 27.9 Å². The first-order valence-corrected chi connectivity index (χ1v) is 8.55. The van der Waals surface area contributed by atoms with Gasteiger partial charge in [0.2, 0.25) is 5.91 Å². The molecule has 0 saturated heterocycles. The molecular formula is C18H22F3NO4. The van der Waals surface area contributed by atoms with Crippen molar-refractivity contribution < 1.29 is 32.6 Å². The Balaban J connectivity index is 1.95. The van der Waals surface area contributed by atoms with Gasteiger partial charge in [0.15, 0.2) is 6.61 Å². The predicted octanol–water partition coefficient (Wildman–Crippen LogP) is 3.32. The standard InChI is InChI=1S/C18H22F3NO4/c19-18(20,21)11-26-13-6-4-5-12(9-13)10-16(23)22-15-8-3-1-2-7-14(15)17(24)25/h4-6,9,14-15H,1-3,7-8,10-11H2,(H,22,23)(H,24,25)/t14-,15+/m1/s1. The first kappa shape index (κ1) is 20.1. The molecular weight excluding hydrogens is 351 g/mol. The van der Waals surface area contributed by atoms with Crippen LogP contribution in [0.3, 0.4) is 0 Å². The Bertz CT molecular complexity index is 633. The number of carboxylic acids is 1. The molecule has 2 N–H and O–H groups in total. The molecule has 26 heavy (non-hydrogen) atoms. The van der Waals surface area contributed by atoms with E-state index in [1.54, 1.807) is 6.07 Å². The van der Waals surface area contributed by atoms with Gasteiger partial charge in [-0.05, 0) is 30.5 Å². The van der Waals surface area contributed by atoms with Crippen LogP contribution in [-0.4, -0.2) is 35.8 Å². The zero-order valence-electron chi connectivity index (χ0n) is 14.2. The largest absolute Gasteiger partial charge is 0.484 e. The van der Waals surface area contributed by atoms with Gasteiger partial charge in [0, 0.05) is 6.04 Å². The fourth-order valence-electron chi connectivity index (χ4n) is 3.13. The van der Waals surface area contributed by atoms with Crippen molar-refractivity contribution in [3.05, 3.63) is 29.8 Å². The van der Waals surface area contributed by atoms with E-state index >= 15 is 0 Å². The molecule has 144 valence electrons. The average molecular weight is 373 g/mol. The normalized spacial score (nSPS) is 20.9. The second-order valence-corrected chi connectivity index (χ2v) is 6.48. The van der Waals surface area contributed by atoms with Crippen molar-refractivity contribution >= 4 is 11.9 Å². The van der Waals surface area contributed by atoms with Crippen molar-refractivity contribution in [3.8, 4) is 5.75 Å². The van der Waals surface area contributed by atoms with E-state index < -0.39 is 30.7 Å². The van der Waals surface area contributed by atoms with Gasteiger partial charge in [-0.25, -0.2) is 0 Å². The van der Waals surface area contributed by atoms with E-state index in [4.69, 9.17) is 0 Å². The highest BCUT2D eigenvalue weighted by molar-refractivity contribution is 5.80. The summed E-state index contributed by atoms with van der Waals surface area (Å²) in [6.07, 6.45) is -0.727. The maximum atomic E-state index is 12.3. The topological polar surface area (TPSA) is 75.6 Å². The van der Waals surface area contributed by atoms with Crippen molar-refractivity contribution in [2.75, 3.05) is 6.61 Å². The van der Waals surface area contributed by atoms with Gasteiger partial charge in [-0.15, -0.1) is 0 Å². The highest BCUT2D eigenvalue weighted by atomic mass is 19.4. The van der Waals surface area contributed by atoms with E-state index in [0.29, 0.717) is 18.4 Å². The molecule has 1 aromatic carbocycles. The molecule has 0 aliphatic heterocycles. The van der Waals surface area contributed by atoms with Gasteiger partial charge in [0.1, 0.15) is 5.75 Å². The molecule has 2 rings (SSSR count). The summed E-state index contributed by atoms with van der Waals surface area (Å²) in [5.41, 5.74) is 0.502. The smallest absolute Gasteiger partial charge is 0.422 e. The van der Waals surface area contributed by atoms with Crippen LogP contribution in [0.4, 0.5) is 13.2 Å². The Morgan fingerprint density at radius 1 is 1.19 bits per heavy atom. The monoisotopic (exact) mass is 373 g/mol. The van der Waals surface area contributed by atoms with E-state index in [-0.39, 0.29) is 18.1 Å². The fraction of sp³-hybridized carbons (Fsp3) is 0.556. The third-order valence-corrected chi connectivity index (χ3v) is 4.35. The summed E-state index contributed by atoms with van der Waals surface area (Å²) >= 11 is 0. The molecule has 2 atom stereocenters. The minimum absolute atomic E-state index is 0.0329. The van der Waals surface area contributed by atoms with Gasteiger partial charge in [0.25, 0.3) is 0 Å². The number of ether oxygens (including phenoxy) is 1. The van der Waals surface area contributed by atoms with Crippen LogP contribution in [0.25, 0.3) is 0 Å². The third-order valence-electron chi connectivity index (χ3n) is 4.35. The second-order valence-electron chi connectivity index (χ2n) is 6.48. The van der Waals surface area contributed by atoms with Crippen LogP contribution in [0, 0.1) is 5.92 Å². The summed E-state index contributed by atoms with van der Waals surface area (Å²) in [5.74, 6) is -1.84. The van der Waals surface area contributed by atoms with Gasteiger partial charge in [0.05, 0.1) is 12.3 Å². The molecule has 1 aromatic rings. The minimum Gasteiger partial charge on any atom is -0.484 e. The fourth-order valence-corrected chi connectivity index (χ4v) is 3.13. The van der Waals surface area contributed by atoms with Gasteiger partial charge >= 0.3 is 12.1 Å². The molecule has 0 spiro atoms. The number of alkyl halides is 3. The highest BCUT2D eigenvalue weighted by Gasteiger charge is 2.31. The summed E-state index contributed by atoms with van der Waals surface area (Å²) in [4.78, 5) is 23.7. The summed E-state index contributed by atoms with van der Waals surface area (Å²) in [7, 11) is 0. The van der Waals surface area contributed by atoms with Crippen molar-refractivity contribution in [1.29, 1.82) is 0 Å². The van der Waals surface area contributed by atoms with Crippen molar-refractivity contribution in [2.45, 2.75) is 50.7 Å². The molecule has 1 fully saturated rings. The number of carboxylic acid groups (broad SMARTS) is 1. The lowest BCUT2D eigenvalue weighted by Gasteiger charge is -2.23. The molecule has 8 heteroatoms. The van der Waals surface area contributed by atoms with Crippen LogP contribution in [0.15, 0.2) is 24.3 Å². The SMILES string of the molecule is O=C(Cc1cccc(OCC(F)(F)F)c1)N[C@H]1CCCCC[C@H]1C(=O)O. The molecule has 0 aromatic heterocycles. The summed E-state index contributed by atoms with van der Waals surface area (Å²) < 4.78 is 41.3. The molecule has 0 heterocycles. The molecule has 0 bridgehead atoms. The molecule has 0 radical (unpaired) electrons. The number of benzene rings is 1. The van der Waals surface area contributed by atoms with Crippen LogP contribution in [-0.2, 0) is 16.0 Å². The number of carbonyl (C=O) groups excluding carboxylic acids is 1. The van der Waals surface area contributed by atoms with Crippen LogP contribution in [0.2, 0.25) is 0 Å². The quantitative estimate of drug-likeness (QED) is 0.750. The van der Waals surface area contributed by atoms with E-state index in [1.165, 1.54) is 18.2 Å². The third kappa shape index (κ3) is 6.57. The summed E-state index contributed by atoms with van der Waals surface area (Å²) in [6.45, 7) is -1.40. The maximum absolute atomic E-state index is 12.3. The van der Waals surface area contributed by atoms with Crippen LogP contribution in [0.5, 0.6) is 5.75 Å². The van der Waals surface area contributed by atoms with E-state index in [1.807, 2.05) is 0 Å². The van der Waals surface area contributed by atoms with Crippen molar-refractivity contribution in [1.82, 2.24) is 5.32 Å². The Kier molecular flexibility index (Phi) is 6.88. The first-order valence-electron chi connectivity index (χ1n) is 8.55. The lowest BCUT2D eigenvalue weighted by Crippen LogP contribution is -2.43. The molecule has 0 unspecified atom stereocenters. The maximum Gasteiger partial charge on any atom is 0.422 e. The summed E-state index contributed by atoms with van der Waals surface area (Å²) in [6, 6.07) is 5.47. The van der Waals surface area contributed by atoms with Gasteiger partial charge < -0.3 is 15.2 Å². The Morgan fingerprint density at radius 3 is 2.62 bits per heavy atom. The number of amides is 1. The number of hydrogen-bond donors (Lipinski definition) is 2. The first-order chi connectivity index (χ1) is 12.2. The van der Waals surface area contributed by atoms with Gasteiger partial charge in [-0.3, -0.25) is 9.59 Å². The van der Waals surface area contributed by atoms with E-state index in [2.05, 4.69) is 10.1 Å². The number of nitrogens with one attached hydrogen (secondary N) is 1. The predicted molar refractivity (Wildman–Crippen MR) is 87.8 cm³/mol. The molecule has 1 amide bonds. The molecule has 1 aliphatic rings. The van der Waals surface area contributed by atoms with Gasteiger partial charge in [-0.1, -0.05) is 31.4 Å². The van der Waals surface area contributed by atoms with Crippen molar-refractivity contribution in [3.63, 3.8) is 0 Å². The second kappa shape index (κ2) is 8.91. The lowest BCUT2D eigenvalue weighted by molar-refractivity contribution is -0.153. The zero-order chi connectivity index (χ0) is 19.2. The van der Waals surface area contributed by atoms with Crippen molar-refractivity contribution in [2.24, 2.45) is 5.92 Å². The molecule has 5 nitrogen and oxygen atoms in total. The van der Waals surface area contributed by atoms with Crippen LogP contribution >= 0.6 is 0 Å². The molecule has 1 aliphatic carbocycles. The Morgan fingerprint density at radius 2 is 1.92 bits per heavy atom. The molecule has 1 saturated carbocycles. The zero-order valence-corrected chi connectivity index (χ0v) is 14.2. The number of hydrogen-bond acceptors (Lipinski definition) is 3. The average Bonchev–Trinajstić information content (AvgIpc) is 2.78. The van der Waals surface area contributed by atoms with Gasteiger partial charge in [-0.2, -0.15) is 13.2 Å². The van der Waals surface area contributed by atoms with E-state index in [0.717, 1.165) is 19.3 Å². The van der Waals surface area contributed by atoms with Crippen LogP contribution in [0.1, 0.15) is 37.7 Å².